The Hall–Kier alpha value is -1.59. The molecule has 1 aliphatic heterocycles. The molecule has 3 rings (SSSR count). The lowest BCUT2D eigenvalue weighted by molar-refractivity contribution is -0.135. The Morgan fingerprint density at radius 2 is 1.64 bits per heavy atom. The van der Waals surface area contributed by atoms with E-state index >= 15 is 0 Å². The van der Waals surface area contributed by atoms with Gasteiger partial charge in [0.1, 0.15) is 5.75 Å². The van der Waals surface area contributed by atoms with Crippen LogP contribution >= 0.6 is 12.4 Å². The second kappa shape index (κ2) is 9.20. The Morgan fingerprint density at radius 1 is 1.04 bits per heavy atom. The van der Waals surface area contributed by atoms with Gasteiger partial charge in [0.2, 0.25) is 0 Å². The van der Waals surface area contributed by atoms with Crippen LogP contribution in [0.25, 0.3) is 0 Å². The number of Topliss-reactive ketones (excluding diaryl/α,β-unsaturated/α-hetero) is 1. The maximum absolute atomic E-state index is 12.3. The van der Waals surface area contributed by atoms with E-state index in [0.29, 0.717) is 11.3 Å². The number of carbonyl (C=O) groups is 2. The number of ketones is 1. The van der Waals surface area contributed by atoms with E-state index in [2.05, 4.69) is 4.90 Å². The van der Waals surface area contributed by atoms with E-state index in [4.69, 9.17) is 4.74 Å². The molecule has 1 aromatic rings. The Balaban J connectivity index is 0.00000225. The van der Waals surface area contributed by atoms with Crippen molar-refractivity contribution in [1.29, 1.82) is 0 Å². The van der Waals surface area contributed by atoms with Crippen LogP contribution < -0.4 is 4.74 Å². The summed E-state index contributed by atoms with van der Waals surface area (Å²) in [5.41, 5.74) is 0.650. The molecule has 1 aromatic carbocycles. The number of hydrogen-bond donors (Lipinski definition) is 0. The van der Waals surface area contributed by atoms with Crippen molar-refractivity contribution in [2.45, 2.75) is 38.6 Å². The molecule has 1 amide bonds. The van der Waals surface area contributed by atoms with Gasteiger partial charge in [0.15, 0.2) is 12.4 Å². The van der Waals surface area contributed by atoms with Gasteiger partial charge < -0.3 is 9.64 Å². The minimum absolute atomic E-state index is 0. The van der Waals surface area contributed by atoms with Crippen LogP contribution in [0, 0.1) is 0 Å². The lowest BCUT2D eigenvalue weighted by Crippen LogP contribution is -2.52. The molecule has 0 radical (unpaired) electrons. The average molecular weight is 367 g/mol. The predicted molar refractivity (Wildman–Crippen MR) is 99.6 cm³/mol. The number of amides is 1. The summed E-state index contributed by atoms with van der Waals surface area (Å²) in [7, 11) is 0. The minimum atomic E-state index is 0. The van der Waals surface area contributed by atoms with E-state index in [1.54, 1.807) is 24.3 Å². The number of hydrogen-bond acceptors (Lipinski definition) is 4. The average Bonchev–Trinajstić information content (AvgIpc) is 3.15. The molecular formula is C19H27ClN2O3. The first-order valence-electron chi connectivity index (χ1n) is 8.89. The second-order valence-electron chi connectivity index (χ2n) is 6.72. The van der Waals surface area contributed by atoms with E-state index in [1.165, 1.54) is 32.6 Å². The summed E-state index contributed by atoms with van der Waals surface area (Å²) in [5.74, 6) is 0.687. The summed E-state index contributed by atoms with van der Waals surface area (Å²) in [5, 5.41) is 0. The summed E-state index contributed by atoms with van der Waals surface area (Å²) >= 11 is 0. The van der Waals surface area contributed by atoms with E-state index in [9.17, 15) is 9.59 Å². The van der Waals surface area contributed by atoms with Gasteiger partial charge in [-0.1, -0.05) is 12.8 Å². The number of piperazine rings is 1. The van der Waals surface area contributed by atoms with Gasteiger partial charge in [-0.3, -0.25) is 14.5 Å². The number of benzene rings is 1. The molecule has 1 saturated heterocycles. The maximum Gasteiger partial charge on any atom is 0.260 e. The molecule has 6 heteroatoms. The van der Waals surface area contributed by atoms with Crippen LogP contribution in [0.3, 0.4) is 0 Å². The molecular weight excluding hydrogens is 340 g/mol. The van der Waals surface area contributed by atoms with E-state index in [0.717, 1.165) is 32.2 Å². The van der Waals surface area contributed by atoms with Crippen molar-refractivity contribution in [3.63, 3.8) is 0 Å². The zero-order valence-corrected chi connectivity index (χ0v) is 15.6. The summed E-state index contributed by atoms with van der Waals surface area (Å²) in [6, 6.07) is 7.66. The highest BCUT2D eigenvalue weighted by atomic mass is 35.5. The highest BCUT2D eigenvalue weighted by Crippen LogP contribution is 2.24. The predicted octanol–water partition coefficient (Wildman–Crippen LogP) is 2.78. The topological polar surface area (TPSA) is 49.9 Å². The van der Waals surface area contributed by atoms with Gasteiger partial charge in [-0.2, -0.15) is 0 Å². The third-order valence-corrected chi connectivity index (χ3v) is 5.13. The van der Waals surface area contributed by atoms with Crippen LogP contribution in [-0.2, 0) is 4.79 Å². The van der Waals surface area contributed by atoms with Gasteiger partial charge in [0.25, 0.3) is 5.91 Å². The van der Waals surface area contributed by atoms with Crippen LogP contribution in [0.1, 0.15) is 43.0 Å². The molecule has 0 spiro atoms. The maximum atomic E-state index is 12.3. The summed E-state index contributed by atoms with van der Waals surface area (Å²) in [4.78, 5) is 28.0. The fourth-order valence-electron chi connectivity index (χ4n) is 3.63. The first-order chi connectivity index (χ1) is 11.6. The van der Waals surface area contributed by atoms with Crippen molar-refractivity contribution in [2.75, 3.05) is 32.8 Å². The van der Waals surface area contributed by atoms with Gasteiger partial charge in [-0.05, 0) is 44.0 Å². The SMILES string of the molecule is CC(=O)c1ccc(OCC(=O)N2CCN(C3CCCC3)CC2)cc1.Cl. The molecule has 0 aromatic heterocycles. The van der Waals surface area contributed by atoms with Gasteiger partial charge in [0.05, 0.1) is 0 Å². The van der Waals surface area contributed by atoms with Crippen LogP contribution in [-0.4, -0.2) is 60.3 Å². The van der Waals surface area contributed by atoms with Crippen molar-refractivity contribution in [2.24, 2.45) is 0 Å². The van der Waals surface area contributed by atoms with E-state index < -0.39 is 0 Å². The van der Waals surface area contributed by atoms with Crippen LogP contribution in [0.2, 0.25) is 0 Å². The fraction of sp³-hybridized carbons (Fsp3) is 0.579. The summed E-state index contributed by atoms with van der Waals surface area (Å²) in [6.45, 7) is 5.13. The largest absolute Gasteiger partial charge is 0.484 e. The van der Waals surface area contributed by atoms with Crippen LogP contribution in [0.4, 0.5) is 0 Å². The van der Waals surface area contributed by atoms with Gasteiger partial charge >= 0.3 is 0 Å². The standard InChI is InChI=1S/C19H26N2O3.ClH/c1-15(22)16-6-8-18(9-7-16)24-14-19(23)21-12-10-20(11-13-21)17-4-2-3-5-17;/h6-9,17H,2-5,10-14H2,1H3;1H. The molecule has 5 nitrogen and oxygen atoms in total. The monoisotopic (exact) mass is 366 g/mol. The molecule has 2 aliphatic rings. The number of nitrogens with zero attached hydrogens (tertiary/aromatic N) is 2. The van der Waals surface area contributed by atoms with Crippen LogP contribution in [0.5, 0.6) is 5.75 Å². The van der Waals surface area contributed by atoms with Gasteiger partial charge in [0, 0.05) is 37.8 Å². The highest BCUT2D eigenvalue weighted by Gasteiger charge is 2.27. The zero-order valence-electron chi connectivity index (χ0n) is 14.8. The third kappa shape index (κ3) is 5.19. The number of carbonyl (C=O) groups excluding carboxylic acids is 2. The lowest BCUT2D eigenvalue weighted by atomic mass is 10.1. The number of ether oxygens (including phenoxy) is 1. The normalized spacial score (nSPS) is 18.7. The second-order valence-corrected chi connectivity index (χ2v) is 6.72. The Bertz CT molecular complexity index is 577. The molecule has 1 saturated carbocycles. The van der Waals surface area contributed by atoms with E-state index in [-0.39, 0.29) is 30.7 Å². The van der Waals surface area contributed by atoms with E-state index in [1.807, 2.05) is 4.90 Å². The molecule has 138 valence electrons. The molecule has 1 aliphatic carbocycles. The fourth-order valence-corrected chi connectivity index (χ4v) is 3.63. The van der Waals surface area contributed by atoms with Gasteiger partial charge in [-0.25, -0.2) is 0 Å². The minimum Gasteiger partial charge on any atom is -0.484 e. The molecule has 0 bridgehead atoms. The first kappa shape index (κ1) is 19.7. The third-order valence-electron chi connectivity index (χ3n) is 5.13. The van der Waals surface area contributed by atoms with Crippen molar-refractivity contribution >= 4 is 24.1 Å². The zero-order chi connectivity index (χ0) is 16.9. The molecule has 1 heterocycles. The number of halogens is 1. The molecule has 0 unspecified atom stereocenters. The Labute approximate surface area is 155 Å². The first-order valence-corrected chi connectivity index (χ1v) is 8.89. The molecule has 2 fully saturated rings. The smallest absolute Gasteiger partial charge is 0.260 e. The summed E-state index contributed by atoms with van der Waals surface area (Å²) < 4.78 is 5.57. The van der Waals surface area contributed by atoms with Crippen LogP contribution in [0.15, 0.2) is 24.3 Å². The van der Waals surface area contributed by atoms with Gasteiger partial charge in [-0.15, -0.1) is 12.4 Å². The Kier molecular flexibility index (Phi) is 7.26. The molecule has 25 heavy (non-hydrogen) atoms. The van der Waals surface area contributed by atoms with Crippen molar-refractivity contribution < 1.29 is 14.3 Å². The number of rotatable bonds is 5. The van der Waals surface area contributed by atoms with Crippen molar-refractivity contribution in [1.82, 2.24) is 9.80 Å². The lowest BCUT2D eigenvalue weighted by Gasteiger charge is -2.38. The molecule has 0 atom stereocenters. The quantitative estimate of drug-likeness (QED) is 0.752. The summed E-state index contributed by atoms with van der Waals surface area (Å²) in [6.07, 6.45) is 5.32. The van der Waals surface area contributed by atoms with Crippen molar-refractivity contribution in [3.05, 3.63) is 29.8 Å². The molecule has 0 N–H and O–H groups in total. The Morgan fingerprint density at radius 3 is 2.20 bits per heavy atom. The van der Waals surface area contributed by atoms with Crippen molar-refractivity contribution in [3.8, 4) is 5.75 Å². The highest BCUT2D eigenvalue weighted by molar-refractivity contribution is 5.94.